The lowest BCUT2D eigenvalue weighted by Gasteiger charge is -2.33. The lowest BCUT2D eigenvalue weighted by molar-refractivity contribution is -0.135. The maximum Gasteiger partial charge on any atom is 0.323 e. The number of hydrogen-bond donors (Lipinski definition) is 1. The molecule has 1 saturated carbocycles. The molecule has 2 atom stereocenters. The van der Waals surface area contributed by atoms with Gasteiger partial charge in [-0.1, -0.05) is 38.4 Å². The summed E-state index contributed by atoms with van der Waals surface area (Å²) in [7, 11) is 0. The molecule has 2 rings (SSSR count). The van der Waals surface area contributed by atoms with E-state index in [1.165, 1.54) is 0 Å². The van der Waals surface area contributed by atoms with E-state index in [0.29, 0.717) is 10.9 Å². The Bertz CT molecular complexity index is 501. The Morgan fingerprint density at radius 1 is 1.45 bits per heavy atom. The van der Waals surface area contributed by atoms with Gasteiger partial charge in [0.15, 0.2) is 0 Å². The highest BCUT2D eigenvalue weighted by atomic mass is 35.5. The number of carboxylic acid groups (broad SMARTS) is 1. The molecule has 0 heterocycles. The number of aliphatic carboxylic acids is 1. The van der Waals surface area contributed by atoms with E-state index >= 15 is 0 Å². The molecule has 0 aliphatic heterocycles. The zero-order chi connectivity index (χ0) is 14.9. The number of anilines is 1. The summed E-state index contributed by atoms with van der Waals surface area (Å²) in [5, 5.41) is 9.86. The van der Waals surface area contributed by atoms with Gasteiger partial charge in [-0.25, -0.2) is 0 Å². The van der Waals surface area contributed by atoms with Crippen LogP contribution in [0.4, 0.5) is 5.69 Å². The first kappa shape index (κ1) is 15.2. The molecule has 1 aromatic carbocycles. The Hall–Kier alpha value is -1.22. The molecule has 1 N–H and O–H groups in total. The summed E-state index contributed by atoms with van der Waals surface area (Å²) < 4.78 is 0. The number of rotatable bonds is 4. The van der Waals surface area contributed by atoms with Crippen LogP contribution in [0.1, 0.15) is 33.6 Å². The van der Waals surface area contributed by atoms with Gasteiger partial charge in [0.25, 0.3) is 0 Å². The summed E-state index contributed by atoms with van der Waals surface area (Å²) in [6, 6.07) is 7.72. The van der Waals surface area contributed by atoms with Crippen molar-refractivity contribution in [3.8, 4) is 0 Å². The molecule has 1 aromatic rings. The van der Waals surface area contributed by atoms with E-state index in [4.69, 9.17) is 11.6 Å². The summed E-state index contributed by atoms with van der Waals surface area (Å²) >= 11 is 6.05. The van der Waals surface area contributed by atoms with Crippen LogP contribution in [-0.4, -0.2) is 23.7 Å². The van der Waals surface area contributed by atoms with Gasteiger partial charge in [-0.3, -0.25) is 4.79 Å². The molecule has 0 saturated heterocycles. The van der Waals surface area contributed by atoms with E-state index in [1.807, 2.05) is 29.2 Å². The van der Waals surface area contributed by atoms with Crippen molar-refractivity contribution < 1.29 is 9.90 Å². The molecule has 110 valence electrons. The summed E-state index contributed by atoms with van der Waals surface area (Å²) in [5.41, 5.74) is 1.16. The minimum atomic E-state index is -0.804. The van der Waals surface area contributed by atoms with Crippen molar-refractivity contribution >= 4 is 23.3 Å². The summed E-state index contributed by atoms with van der Waals surface area (Å²) in [6.07, 6.45) is 2.13. The molecule has 0 bridgehead atoms. The quantitative estimate of drug-likeness (QED) is 0.911. The highest BCUT2D eigenvalue weighted by Gasteiger charge is 2.40. The Balaban J connectivity index is 2.31. The molecule has 20 heavy (non-hydrogen) atoms. The van der Waals surface area contributed by atoms with E-state index in [9.17, 15) is 9.90 Å². The van der Waals surface area contributed by atoms with Crippen LogP contribution in [0.15, 0.2) is 24.3 Å². The van der Waals surface area contributed by atoms with Crippen LogP contribution >= 0.6 is 11.6 Å². The zero-order valence-electron chi connectivity index (χ0n) is 12.3. The van der Waals surface area contributed by atoms with Gasteiger partial charge in [-0.05, 0) is 42.4 Å². The topological polar surface area (TPSA) is 40.5 Å². The van der Waals surface area contributed by atoms with Crippen LogP contribution in [0.2, 0.25) is 5.02 Å². The monoisotopic (exact) mass is 295 g/mol. The predicted molar refractivity (Wildman–Crippen MR) is 82.4 cm³/mol. The van der Waals surface area contributed by atoms with Crippen molar-refractivity contribution in [2.45, 2.75) is 39.7 Å². The normalized spacial score (nSPS) is 24.6. The van der Waals surface area contributed by atoms with Crippen molar-refractivity contribution in [2.24, 2.45) is 11.3 Å². The molecule has 1 aliphatic carbocycles. The molecule has 4 heteroatoms. The average molecular weight is 296 g/mol. The lowest BCUT2D eigenvalue weighted by Crippen LogP contribution is -2.41. The summed E-state index contributed by atoms with van der Waals surface area (Å²) in [4.78, 5) is 13.2. The number of halogens is 1. The van der Waals surface area contributed by atoms with Crippen molar-refractivity contribution in [1.29, 1.82) is 0 Å². The van der Waals surface area contributed by atoms with Gasteiger partial charge in [0.1, 0.15) is 6.54 Å². The zero-order valence-corrected chi connectivity index (χ0v) is 13.0. The Kier molecular flexibility index (Phi) is 4.28. The first-order valence-electron chi connectivity index (χ1n) is 7.02. The fourth-order valence-corrected chi connectivity index (χ4v) is 3.66. The largest absolute Gasteiger partial charge is 0.480 e. The number of hydrogen-bond acceptors (Lipinski definition) is 2. The van der Waals surface area contributed by atoms with Crippen LogP contribution in [0.25, 0.3) is 0 Å². The van der Waals surface area contributed by atoms with Crippen LogP contribution < -0.4 is 4.90 Å². The van der Waals surface area contributed by atoms with Crippen molar-refractivity contribution in [3.63, 3.8) is 0 Å². The van der Waals surface area contributed by atoms with Crippen LogP contribution in [0.3, 0.4) is 0 Å². The second-order valence-corrected chi connectivity index (χ2v) is 7.06. The number of nitrogens with zero attached hydrogens (tertiary/aromatic N) is 1. The molecule has 3 nitrogen and oxygen atoms in total. The van der Waals surface area contributed by atoms with Gasteiger partial charge in [0, 0.05) is 16.8 Å². The fourth-order valence-electron chi connectivity index (χ4n) is 3.48. The van der Waals surface area contributed by atoms with Crippen molar-refractivity contribution in [1.82, 2.24) is 0 Å². The molecule has 2 unspecified atom stereocenters. The maximum absolute atomic E-state index is 11.2. The van der Waals surface area contributed by atoms with Gasteiger partial charge in [0.2, 0.25) is 0 Å². The van der Waals surface area contributed by atoms with Gasteiger partial charge in [-0.2, -0.15) is 0 Å². The lowest BCUT2D eigenvalue weighted by atomic mass is 9.91. The minimum absolute atomic E-state index is 0.0193. The van der Waals surface area contributed by atoms with Gasteiger partial charge in [0.05, 0.1) is 0 Å². The molecule has 1 fully saturated rings. The van der Waals surface area contributed by atoms with Gasteiger partial charge >= 0.3 is 5.97 Å². The first-order chi connectivity index (χ1) is 9.28. The third-order valence-corrected chi connectivity index (χ3v) is 4.37. The third kappa shape index (κ3) is 3.45. The van der Waals surface area contributed by atoms with E-state index in [0.717, 1.165) is 18.5 Å². The minimum Gasteiger partial charge on any atom is -0.480 e. The second kappa shape index (κ2) is 5.65. The van der Waals surface area contributed by atoms with Crippen LogP contribution in [0.5, 0.6) is 0 Å². The summed E-state index contributed by atoms with van der Waals surface area (Å²) in [5.74, 6) is -0.329. The van der Waals surface area contributed by atoms with E-state index in [1.54, 1.807) is 0 Å². The Morgan fingerprint density at radius 2 is 2.15 bits per heavy atom. The highest BCUT2D eigenvalue weighted by molar-refractivity contribution is 6.30. The molecule has 0 spiro atoms. The molecule has 0 amide bonds. The highest BCUT2D eigenvalue weighted by Crippen LogP contribution is 2.44. The molecule has 0 aromatic heterocycles. The Labute approximate surface area is 125 Å². The SMILES string of the molecule is CC1CC(C)(C)CC1N(CC(=O)O)c1cccc(Cl)c1. The number of carbonyl (C=O) groups is 1. The van der Waals surface area contributed by atoms with Crippen molar-refractivity contribution in [3.05, 3.63) is 29.3 Å². The van der Waals surface area contributed by atoms with E-state index in [-0.39, 0.29) is 18.0 Å². The molecular formula is C16H22ClNO2. The van der Waals surface area contributed by atoms with Gasteiger partial charge < -0.3 is 10.0 Å². The van der Waals surface area contributed by atoms with E-state index in [2.05, 4.69) is 20.8 Å². The standard InChI is InChI=1S/C16H22ClNO2/c1-11-8-16(2,3)9-14(11)18(10-15(19)20)13-6-4-5-12(17)7-13/h4-7,11,14H,8-10H2,1-3H3,(H,19,20). The maximum atomic E-state index is 11.2. The molecule has 1 aliphatic rings. The van der Waals surface area contributed by atoms with E-state index < -0.39 is 5.97 Å². The smallest absolute Gasteiger partial charge is 0.323 e. The van der Waals surface area contributed by atoms with Crippen LogP contribution in [0, 0.1) is 11.3 Å². The molecule has 0 radical (unpaired) electrons. The first-order valence-corrected chi connectivity index (χ1v) is 7.40. The van der Waals surface area contributed by atoms with Crippen LogP contribution in [-0.2, 0) is 4.79 Å². The van der Waals surface area contributed by atoms with Gasteiger partial charge in [-0.15, -0.1) is 0 Å². The number of benzene rings is 1. The Morgan fingerprint density at radius 3 is 2.65 bits per heavy atom. The second-order valence-electron chi connectivity index (χ2n) is 6.62. The fraction of sp³-hybridized carbons (Fsp3) is 0.562. The summed E-state index contributed by atoms with van der Waals surface area (Å²) in [6.45, 7) is 6.73. The average Bonchev–Trinajstić information content (AvgIpc) is 2.59. The van der Waals surface area contributed by atoms with Crippen molar-refractivity contribution in [2.75, 3.05) is 11.4 Å². The third-order valence-electron chi connectivity index (χ3n) is 4.14. The molecular weight excluding hydrogens is 274 g/mol. The predicted octanol–water partition coefficient (Wildman–Crippen LogP) is 4.06. The number of carboxylic acids is 1.